The highest BCUT2D eigenvalue weighted by Gasteiger charge is 2.16. The maximum absolute atomic E-state index is 12.3. The van der Waals surface area contributed by atoms with Gasteiger partial charge in [-0.05, 0) is 31.2 Å². The summed E-state index contributed by atoms with van der Waals surface area (Å²) in [4.78, 5) is 12.3. The fourth-order valence-electron chi connectivity index (χ4n) is 3.17. The number of rotatable bonds is 4. The van der Waals surface area contributed by atoms with Crippen molar-refractivity contribution in [3.8, 4) is 23.8 Å². The molecule has 1 aliphatic rings. The summed E-state index contributed by atoms with van der Waals surface area (Å²) in [5.74, 6) is 3.54. The van der Waals surface area contributed by atoms with Crippen LogP contribution >= 0.6 is 0 Å². The molecule has 0 fully saturated rings. The monoisotopic (exact) mass is 359 g/mol. The van der Waals surface area contributed by atoms with E-state index in [2.05, 4.69) is 21.0 Å². The molecule has 0 aliphatic carbocycles. The fraction of sp³-hybridized carbons (Fsp3) is 0.143. The second-order valence-corrected chi connectivity index (χ2v) is 6.07. The Morgan fingerprint density at radius 2 is 2.11 bits per heavy atom. The number of nitrogens with zero attached hydrogens (tertiary/aromatic N) is 2. The number of hydrogen-bond acceptors (Lipinski definition) is 4. The SMILES string of the molecule is C#CCn1c(C)c(/C=N\NC(=O)c2ccc3c(c2)OCO3)c2ccccc21. The first-order valence-electron chi connectivity index (χ1n) is 8.43. The third-order valence-corrected chi connectivity index (χ3v) is 4.52. The first-order valence-corrected chi connectivity index (χ1v) is 8.43. The molecule has 27 heavy (non-hydrogen) atoms. The number of carbonyl (C=O) groups is 1. The van der Waals surface area contributed by atoms with Gasteiger partial charge in [0.25, 0.3) is 5.91 Å². The number of ether oxygens (including phenoxy) is 2. The third kappa shape index (κ3) is 3.00. The maximum Gasteiger partial charge on any atom is 0.271 e. The molecule has 0 radical (unpaired) electrons. The predicted octanol–water partition coefficient (Wildman–Crippen LogP) is 3.08. The molecule has 6 nitrogen and oxygen atoms in total. The van der Waals surface area contributed by atoms with Gasteiger partial charge in [-0.25, -0.2) is 5.43 Å². The molecule has 0 unspecified atom stereocenters. The van der Waals surface area contributed by atoms with Crippen molar-refractivity contribution in [3.05, 3.63) is 59.3 Å². The zero-order chi connectivity index (χ0) is 18.8. The molecule has 2 heterocycles. The number of fused-ring (bicyclic) bond motifs is 2. The van der Waals surface area contributed by atoms with Crippen LogP contribution in [0.2, 0.25) is 0 Å². The van der Waals surface area contributed by atoms with Gasteiger partial charge in [0.1, 0.15) is 0 Å². The molecular weight excluding hydrogens is 342 g/mol. The quantitative estimate of drug-likeness (QED) is 0.442. The summed E-state index contributed by atoms with van der Waals surface area (Å²) < 4.78 is 12.6. The Kier molecular flexibility index (Phi) is 4.27. The van der Waals surface area contributed by atoms with Gasteiger partial charge in [-0.2, -0.15) is 5.10 Å². The topological polar surface area (TPSA) is 64.9 Å². The lowest BCUT2D eigenvalue weighted by atomic mass is 10.1. The molecule has 1 amide bonds. The second kappa shape index (κ2) is 6.89. The number of benzene rings is 2. The van der Waals surface area contributed by atoms with Gasteiger partial charge < -0.3 is 14.0 Å². The molecule has 0 saturated carbocycles. The third-order valence-electron chi connectivity index (χ3n) is 4.52. The second-order valence-electron chi connectivity index (χ2n) is 6.07. The average molecular weight is 359 g/mol. The van der Waals surface area contributed by atoms with E-state index in [0.717, 1.165) is 22.2 Å². The first-order chi connectivity index (χ1) is 13.2. The number of para-hydroxylation sites is 1. The minimum absolute atomic E-state index is 0.166. The van der Waals surface area contributed by atoms with E-state index in [1.54, 1.807) is 24.4 Å². The zero-order valence-electron chi connectivity index (χ0n) is 14.7. The van der Waals surface area contributed by atoms with Crippen molar-refractivity contribution in [1.29, 1.82) is 0 Å². The predicted molar refractivity (Wildman–Crippen MR) is 103 cm³/mol. The van der Waals surface area contributed by atoms with Crippen molar-refractivity contribution in [2.24, 2.45) is 5.10 Å². The molecular formula is C21H17N3O3. The average Bonchev–Trinajstić information content (AvgIpc) is 3.26. The van der Waals surface area contributed by atoms with Gasteiger partial charge in [0.05, 0.1) is 12.8 Å². The van der Waals surface area contributed by atoms with Crippen LogP contribution in [-0.2, 0) is 6.54 Å². The Labute approximate surface area is 156 Å². The number of amides is 1. The molecule has 4 rings (SSSR count). The van der Waals surface area contributed by atoms with Crippen LogP contribution < -0.4 is 14.9 Å². The van der Waals surface area contributed by atoms with Gasteiger partial charge in [0.15, 0.2) is 11.5 Å². The van der Waals surface area contributed by atoms with Gasteiger partial charge in [-0.1, -0.05) is 24.1 Å². The number of hydrogen-bond donors (Lipinski definition) is 1. The van der Waals surface area contributed by atoms with Crippen molar-refractivity contribution in [1.82, 2.24) is 9.99 Å². The maximum atomic E-state index is 12.3. The van der Waals surface area contributed by atoms with Gasteiger partial charge >= 0.3 is 0 Å². The molecule has 3 aromatic rings. The van der Waals surface area contributed by atoms with Gasteiger partial charge in [0.2, 0.25) is 6.79 Å². The van der Waals surface area contributed by atoms with Crippen LogP contribution in [0.4, 0.5) is 0 Å². The lowest BCUT2D eigenvalue weighted by Gasteiger charge is -2.03. The van der Waals surface area contributed by atoms with Crippen molar-refractivity contribution >= 4 is 23.0 Å². The van der Waals surface area contributed by atoms with Crippen molar-refractivity contribution < 1.29 is 14.3 Å². The molecule has 6 heteroatoms. The number of aromatic nitrogens is 1. The molecule has 134 valence electrons. The minimum Gasteiger partial charge on any atom is -0.454 e. The van der Waals surface area contributed by atoms with Crippen molar-refractivity contribution in [2.75, 3.05) is 6.79 Å². The molecule has 0 spiro atoms. The largest absolute Gasteiger partial charge is 0.454 e. The van der Waals surface area contributed by atoms with Crippen LogP contribution in [0.3, 0.4) is 0 Å². The van der Waals surface area contributed by atoms with Crippen LogP contribution in [0, 0.1) is 19.3 Å². The van der Waals surface area contributed by atoms with E-state index < -0.39 is 0 Å². The molecule has 1 N–H and O–H groups in total. The normalized spacial score (nSPS) is 12.4. The summed E-state index contributed by atoms with van der Waals surface area (Å²) in [6.07, 6.45) is 7.14. The summed E-state index contributed by atoms with van der Waals surface area (Å²) in [6.45, 7) is 2.63. The van der Waals surface area contributed by atoms with Gasteiger partial charge in [-0.3, -0.25) is 4.79 Å². The van der Waals surface area contributed by atoms with Crippen LogP contribution in [0.1, 0.15) is 21.6 Å². The lowest BCUT2D eigenvalue weighted by Crippen LogP contribution is -2.17. The Morgan fingerprint density at radius 3 is 2.96 bits per heavy atom. The van der Waals surface area contributed by atoms with E-state index in [0.29, 0.717) is 23.6 Å². The number of hydrazone groups is 1. The highest BCUT2D eigenvalue weighted by atomic mass is 16.7. The molecule has 2 aromatic carbocycles. The van der Waals surface area contributed by atoms with E-state index >= 15 is 0 Å². The van der Waals surface area contributed by atoms with E-state index in [9.17, 15) is 4.79 Å². The molecule has 1 aromatic heterocycles. The Balaban J connectivity index is 1.58. The van der Waals surface area contributed by atoms with E-state index in [1.807, 2.05) is 31.2 Å². The Bertz CT molecular complexity index is 1110. The molecule has 0 bridgehead atoms. The smallest absolute Gasteiger partial charge is 0.271 e. The molecule has 0 atom stereocenters. The highest BCUT2D eigenvalue weighted by molar-refractivity contribution is 6.02. The van der Waals surface area contributed by atoms with Crippen LogP contribution in [-0.4, -0.2) is 23.5 Å². The van der Waals surface area contributed by atoms with Crippen LogP contribution in [0.15, 0.2) is 47.6 Å². The van der Waals surface area contributed by atoms with Gasteiger partial charge in [-0.15, -0.1) is 6.42 Å². The number of nitrogens with one attached hydrogen (secondary N) is 1. The standard InChI is InChI=1S/C21H17N3O3/c1-3-10-24-14(2)17(16-6-4-5-7-18(16)24)12-22-23-21(25)15-8-9-19-20(11-15)27-13-26-19/h1,4-9,11-12H,10,13H2,2H3,(H,23,25)/b22-12-. The molecule has 0 saturated heterocycles. The van der Waals surface area contributed by atoms with E-state index in [4.69, 9.17) is 15.9 Å². The summed E-state index contributed by atoms with van der Waals surface area (Å²) in [5, 5.41) is 5.17. The van der Waals surface area contributed by atoms with Crippen LogP contribution in [0.5, 0.6) is 11.5 Å². The summed E-state index contributed by atoms with van der Waals surface area (Å²) in [5.41, 5.74) is 5.96. The van der Waals surface area contributed by atoms with Crippen molar-refractivity contribution in [3.63, 3.8) is 0 Å². The molecule has 1 aliphatic heterocycles. The highest BCUT2D eigenvalue weighted by Crippen LogP contribution is 2.32. The van der Waals surface area contributed by atoms with Gasteiger partial charge in [0, 0.05) is 27.7 Å². The minimum atomic E-state index is -0.324. The number of carbonyl (C=O) groups excluding carboxylic acids is 1. The zero-order valence-corrected chi connectivity index (χ0v) is 14.7. The lowest BCUT2D eigenvalue weighted by molar-refractivity contribution is 0.0954. The fourth-order valence-corrected chi connectivity index (χ4v) is 3.17. The number of terminal acetylenes is 1. The summed E-state index contributed by atoms with van der Waals surface area (Å²) in [7, 11) is 0. The first kappa shape index (κ1) is 16.7. The Morgan fingerprint density at radius 1 is 1.30 bits per heavy atom. The van der Waals surface area contributed by atoms with E-state index in [-0.39, 0.29) is 12.7 Å². The summed E-state index contributed by atoms with van der Waals surface area (Å²) >= 11 is 0. The Hall–Kier alpha value is -3.72. The summed E-state index contributed by atoms with van der Waals surface area (Å²) in [6, 6.07) is 13.0. The van der Waals surface area contributed by atoms with E-state index in [1.165, 1.54) is 0 Å². The van der Waals surface area contributed by atoms with Crippen LogP contribution in [0.25, 0.3) is 10.9 Å². The van der Waals surface area contributed by atoms with Crippen molar-refractivity contribution in [2.45, 2.75) is 13.5 Å².